The molecular formula is C16H18N6O9S2. The van der Waals surface area contributed by atoms with Crippen molar-refractivity contribution in [1.82, 2.24) is 19.3 Å². The molecule has 0 unspecified atom stereocenters. The van der Waals surface area contributed by atoms with Crippen molar-refractivity contribution >= 4 is 44.3 Å². The monoisotopic (exact) mass is 502 g/mol. The number of anilines is 1. The Hall–Kier alpha value is -3.70. The molecule has 17 heteroatoms. The molecule has 0 saturated carbocycles. The van der Waals surface area contributed by atoms with Gasteiger partial charge < -0.3 is 26.2 Å². The lowest BCUT2D eigenvalue weighted by molar-refractivity contribution is -0.151. The summed E-state index contributed by atoms with van der Waals surface area (Å²) < 4.78 is 32.7. The van der Waals surface area contributed by atoms with E-state index in [1.54, 1.807) is 0 Å². The summed E-state index contributed by atoms with van der Waals surface area (Å²) in [4.78, 5) is 45.5. The van der Waals surface area contributed by atoms with Crippen LogP contribution in [0.1, 0.15) is 25.2 Å². The molecule has 1 aliphatic heterocycles. The zero-order valence-corrected chi connectivity index (χ0v) is 18.6. The smallest absolute Gasteiger partial charge is 0.362 e. The number of carbonyl (C=O) groups is 2. The number of rotatable bonds is 7. The van der Waals surface area contributed by atoms with Crippen molar-refractivity contribution in [2.75, 3.05) is 5.73 Å². The lowest BCUT2D eigenvalue weighted by atomic mass is 9.85. The van der Waals surface area contributed by atoms with Crippen LogP contribution >= 0.6 is 11.3 Å². The highest BCUT2D eigenvalue weighted by molar-refractivity contribution is 7.84. The minimum atomic E-state index is -4.84. The molecule has 0 radical (unpaired) electrons. The van der Waals surface area contributed by atoms with Crippen LogP contribution in [-0.4, -0.2) is 66.4 Å². The van der Waals surface area contributed by atoms with Gasteiger partial charge in [0.15, 0.2) is 23.2 Å². The lowest BCUT2D eigenvalue weighted by Crippen LogP contribution is -2.77. The van der Waals surface area contributed by atoms with Crippen molar-refractivity contribution in [2.45, 2.75) is 32.0 Å². The van der Waals surface area contributed by atoms with E-state index < -0.39 is 57.2 Å². The summed E-state index contributed by atoms with van der Waals surface area (Å²) in [5.41, 5.74) is 2.73. The predicted octanol–water partition coefficient (Wildman–Crippen LogP) is -1.34. The Morgan fingerprint density at radius 1 is 1.42 bits per heavy atom. The summed E-state index contributed by atoms with van der Waals surface area (Å²) in [5, 5.41) is 26.4. The van der Waals surface area contributed by atoms with Crippen LogP contribution in [0.25, 0.3) is 0 Å². The highest BCUT2D eigenvalue weighted by Gasteiger charge is 2.60. The molecule has 0 aliphatic carbocycles. The van der Waals surface area contributed by atoms with Crippen LogP contribution in [0.15, 0.2) is 27.6 Å². The maximum atomic E-state index is 12.8. The number of aromatic nitrogens is 2. The quantitative estimate of drug-likeness (QED) is 0.0978. The van der Waals surface area contributed by atoms with E-state index in [-0.39, 0.29) is 20.8 Å². The van der Waals surface area contributed by atoms with E-state index in [2.05, 4.69) is 15.5 Å². The number of β-lactam (4-membered cyclic amide) rings is 1. The SMILES string of the molecule is CC1(C)[C@H](NC(=O)/C(=N\OCc2cc(=O)c(O)cn2O)c2csc(N)n2)C(=O)N1S(=O)(=O)O. The van der Waals surface area contributed by atoms with Gasteiger partial charge in [-0.05, 0) is 13.8 Å². The molecule has 1 saturated heterocycles. The first-order chi connectivity index (χ1) is 15.2. The first-order valence-electron chi connectivity index (χ1n) is 8.91. The molecule has 0 bridgehead atoms. The van der Waals surface area contributed by atoms with E-state index in [4.69, 9.17) is 10.6 Å². The Labute approximate surface area is 189 Å². The Bertz CT molecular complexity index is 1310. The average molecular weight is 502 g/mol. The standard InChI is InChI=1S/C16H18N6O9S2/c1-16(2)12(14(26)22(16)33(28,29)30)19-13(25)11(8-6-32-15(17)18-8)20-31-5-7-3-9(23)10(24)4-21(7)27/h3-4,6,12,24,27H,5H2,1-2H3,(H2,17,18)(H,19,25)(H,28,29,30)/b20-11-/t12-/m1/s1. The van der Waals surface area contributed by atoms with Gasteiger partial charge in [-0.2, -0.15) is 13.1 Å². The van der Waals surface area contributed by atoms with Crippen molar-refractivity contribution in [1.29, 1.82) is 0 Å². The van der Waals surface area contributed by atoms with Crippen LogP contribution in [0, 0.1) is 0 Å². The highest BCUT2D eigenvalue weighted by Crippen LogP contribution is 2.34. The van der Waals surface area contributed by atoms with Gasteiger partial charge in [0.1, 0.15) is 17.4 Å². The fourth-order valence-electron chi connectivity index (χ4n) is 3.03. The van der Waals surface area contributed by atoms with Gasteiger partial charge in [-0.15, -0.1) is 11.3 Å². The van der Waals surface area contributed by atoms with Crippen LogP contribution in [0.4, 0.5) is 5.13 Å². The van der Waals surface area contributed by atoms with Crippen molar-refractivity contribution in [3.63, 3.8) is 0 Å². The predicted molar refractivity (Wildman–Crippen MR) is 112 cm³/mol. The van der Waals surface area contributed by atoms with Crippen molar-refractivity contribution in [3.8, 4) is 5.75 Å². The maximum absolute atomic E-state index is 12.8. The number of oxime groups is 1. The molecule has 3 rings (SSSR count). The average Bonchev–Trinajstić information content (AvgIpc) is 3.11. The molecular weight excluding hydrogens is 484 g/mol. The van der Waals surface area contributed by atoms with Crippen LogP contribution in [-0.2, 0) is 31.3 Å². The molecule has 0 spiro atoms. The molecule has 1 fully saturated rings. The summed E-state index contributed by atoms with van der Waals surface area (Å²) in [6.45, 7) is 2.12. The number of amides is 2. The normalized spacial score (nSPS) is 18.0. The van der Waals surface area contributed by atoms with E-state index in [0.29, 0.717) is 4.73 Å². The number of carbonyl (C=O) groups excluding carboxylic acids is 2. The third-order valence-corrected chi connectivity index (χ3v) is 6.41. The van der Waals surface area contributed by atoms with Crippen molar-refractivity contribution in [3.05, 3.63) is 39.3 Å². The van der Waals surface area contributed by atoms with E-state index >= 15 is 0 Å². The Morgan fingerprint density at radius 2 is 2.09 bits per heavy atom. The summed E-state index contributed by atoms with van der Waals surface area (Å²) in [5.74, 6) is -2.74. The molecule has 2 aromatic rings. The molecule has 2 aromatic heterocycles. The number of nitrogens with two attached hydrogens (primary N) is 1. The molecule has 1 atom stereocenters. The summed E-state index contributed by atoms with van der Waals surface area (Å²) in [6.07, 6.45) is 0.741. The summed E-state index contributed by atoms with van der Waals surface area (Å²) in [7, 11) is -4.84. The third kappa shape index (κ3) is 4.59. The number of aromatic hydroxyl groups is 1. The maximum Gasteiger partial charge on any atom is 0.362 e. The summed E-state index contributed by atoms with van der Waals surface area (Å²) >= 11 is 0.978. The summed E-state index contributed by atoms with van der Waals surface area (Å²) in [6, 6.07) is -0.446. The molecule has 6 N–H and O–H groups in total. The van der Waals surface area contributed by atoms with Gasteiger partial charge >= 0.3 is 10.3 Å². The molecule has 3 heterocycles. The first kappa shape index (κ1) is 24.0. The minimum absolute atomic E-state index is 0.0293. The fraction of sp³-hybridized carbons (Fsp3) is 0.312. The largest absolute Gasteiger partial charge is 0.503 e. The Balaban J connectivity index is 1.83. The third-order valence-electron chi connectivity index (χ3n) is 4.62. The minimum Gasteiger partial charge on any atom is -0.503 e. The lowest BCUT2D eigenvalue weighted by Gasteiger charge is -2.50. The second-order valence-corrected chi connectivity index (χ2v) is 9.43. The molecule has 1 aliphatic rings. The van der Waals surface area contributed by atoms with Gasteiger partial charge in [-0.3, -0.25) is 18.9 Å². The molecule has 15 nitrogen and oxygen atoms in total. The topological polar surface area (TPSA) is 227 Å². The number of thiazole rings is 1. The van der Waals surface area contributed by atoms with E-state index in [0.717, 1.165) is 23.6 Å². The van der Waals surface area contributed by atoms with Gasteiger partial charge in [-0.25, -0.2) is 9.29 Å². The van der Waals surface area contributed by atoms with E-state index in [9.17, 15) is 37.7 Å². The Morgan fingerprint density at radius 3 is 2.64 bits per heavy atom. The van der Waals surface area contributed by atoms with Crippen molar-refractivity contribution < 1.29 is 37.7 Å². The number of nitrogen functional groups attached to an aromatic ring is 1. The molecule has 178 valence electrons. The van der Waals surface area contributed by atoms with Gasteiger partial charge in [0.05, 0.1) is 11.7 Å². The van der Waals surface area contributed by atoms with Gasteiger partial charge in [0.25, 0.3) is 11.8 Å². The fourth-order valence-corrected chi connectivity index (χ4v) is 4.61. The molecule has 2 amide bonds. The van der Waals surface area contributed by atoms with Crippen LogP contribution < -0.4 is 16.5 Å². The van der Waals surface area contributed by atoms with Crippen molar-refractivity contribution in [2.24, 2.45) is 5.16 Å². The van der Waals surface area contributed by atoms with E-state index in [1.165, 1.54) is 19.2 Å². The highest BCUT2D eigenvalue weighted by atomic mass is 32.2. The number of nitrogens with zero attached hydrogens (tertiary/aromatic N) is 4. The first-order valence-corrected chi connectivity index (χ1v) is 11.2. The Kier molecular flexibility index (Phi) is 6.05. The second kappa shape index (κ2) is 8.34. The number of nitrogens with one attached hydrogen (secondary N) is 1. The zero-order valence-electron chi connectivity index (χ0n) is 17.0. The second-order valence-electron chi connectivity index (χ2n) is 7.28. The number of hydrogen-bond acceptors (Lipinski definition) is 12. The van der Waals surface area contributed by atoms with Gasteiger partial charge in [-0.1, -0.05) is 5.16 Å². The van der Waals surface area contributed by atoms with Crippen LogP contribution in [0.3, 0.4) is 0 Å². The van der Waals surface area contributed by atoms with E-state index in [1.807, 2.05) is 0 Å². The zero-order chi connectivity index (χ0) is 24.7. The van der Waals surface area contributed by atoms with Crippen LogP contribution in [0.2, 0.25) is 0 Å². The van der Waals surface area contributed by atoms with Gasteiger partial charge in [0.2, 0.25) is 5.43 Å². The number of hydrogen-bond donors (Lipinski definition) is 5. The number of pyridine rings is 1. The van der Waals surface area contributed by atoms with Gasteiger partial charge in [0, 0.05) is 11.4 Å². The molecule has 0 aromatic carbocycles. The van der Waals surface area contributed by atoms with Crippen LogP contribution in [0.5, 0.6) is 5.75 Å². The molecule has 33 heavy (non-hydrogen) atoms.